The molecule has 0 atom stereocenters. The maximum Gasteiger partial charge on any atom is 0.278 e. The number of fused-ring (bicyclic) bond motifs is 1. The molecule has 5 heteroatoms. The molecule has 1 aliphatic carbocycles. The number of anilines is 1. The number of nitrogens with one attached hydrogen (secondary N) is 1. The molecule has 0 aliphatic heterocycles. The van der Waals surface area contributed by atoms with Gasteiger partial charge in [0.2, 0.25) is 0 Å². The zero-order valence-corrected chi connectivity index (χ0v) is 11.6. The van der Waals surface area contributed by atoms with Crippen molar-refractivity contribution >= 4 is 22.3 Å². The van der Waals surface area contributed by atoms with Crippen molar-refractivity contribution in [3.8, 4) is 0 Å². The molecular formula is C15H17N3O2. The smallest absolute Gasteiger partial charge is 0.278 e. The van der Waals surface area contributed by atoms with Crippen molar-refractivity contribution in [2.45, 2.75) is 32.2 Å². The molecule has 3 rings (SSSR count). The SMILES string of the molecule is CC(C)(Nc1ccc([N+](=O)[O-])c2cccnc12)C1CC1. The highest BCUT2D eigenvalue weighted by atomic mass is 16.6. The Kier molecular flexibility index (Phi) is 2.85. The number of hydrogen-bond acceptors (Lipinski definition) is 4. The normalized spacial score (nSPS) is 15.3. The van der Waals surface area contributed by atoms with Gasteiger partial charge in [0.15, 0.2) is 0 Å². The van der Waals surface area contributed by atoms with Crippen LogP contribution in [-0.4, -0.2) is 15.4 Å². The minimum atomic E-state index is -0.361. The average molecular weight is 271 g/mol. The summed E-state index contributed by atoms with van der Waals surface area (Å²) in [4.78, 5) is 15.0. The molecule has 0 radical (unpaired) electrons. The Bertz CT molecular complexity index is 678. The maximum atomic E-state index is 11.1. The predicted molar refractivity (Wildman–Crippen MR) is 78.8 cm³/mol. The van der Waals surface area contributed by atoms with Gasteiger partial charge in [-0.05, 0) is 50.8 Å². The summed E-state index contributed by atoms with van der Waals surface area (Å²) in [6.07, 6.45) is 4.14. The van der Waals surface area contributed by atoms with Gasteiger partial charge < -0.3 is 5.32 Å². The van der Waals surface area contributed by atoms with Crippen LogP contribution in [-0.2, 0) is 0 Å². The highest BCUT2D eigenvalue weighted by Crippen LogP contribution is 2.42. The molecule has 1 aromatic carbocycles. The van der Waals surface area contributed by atoms with E-state index in [1.165, 1.54) is 12.8 Å². The van der Waals surface area contributed by atoms with Crippen LogP contribution >= 0.6 is 0 Å². The van der Waals surface area contributed by atoms with Gasteiger partial charge >= 0.3 is 0 Å². The largest absolute Gasteiger partial charge is 0.378 e. The first-order chi connectivity index (χ1) is 9.49. The summed E-state index contributed by atoms with van der Waals surface area (Å²) in [5.74, 6) is 0.663. The Balaban J connectivity index is 2.08. The van der Waals surface area contributed by atoms with E-state index in [-0.39, 0.29) is 16.1 Å². The molecule has 0 amide bonds. The van der Waals surface area contributed by atoms with Crippen molar-refractivity contribution in [3.05, 3.63) is 40.6 Å². The van der Waals surface area contributed by atoms with Crippen molar-refractivity contribution in [2.75, 3.05) is 5.32 Å². The Hall–Kier alpha value is -2.17. The van der Waals surface area contributed by atoms with Crippen LogP contribution in [0.4, 0.5) is 11.4 Å². The van der Waals surface area contributed by atoms with Gasteiger partial charge in [-0.1, -0.05) is 0 Å². The second-order valence-corrected chi connectivity index (χ2v) is 5.91. The van der Waals surface area contributed by atoms with Gasteiger partial charge in [0.1, 0.15) is 5.52 Å². The second kappa shape index (κ2) is 4.44. The fourth-order valence-corrected chi connectivity index (χ4v) is 2.67. The summed E-state index contributed by atoms with van der Waals surface area (Å²) in [6.45, 7) is 4.34. The number of pyridine rings is 1. The fourth-order valence-electron chi connectivity index (χ4n) is 2.67. The summed E-state index contributed by atoms with van der Waals surface area (Å²) in [7, 11) is 0. The first-order valence-corrected chi connectivity index (χ1v) is 6.79. The molecule has 104 valence electrons. The van der Waals surface area contributed by atoms with Crippen molar-refractivity contribution in [1.82, 2.24) is 4.98 Å². The Morgan fingerprint density at radius 2 is 2.10 bits per heavy atom. The first-order valence-electron chi connectivity index (χ1n) is 6.79. The van der Waals surface area contributed by atoms with E-state index < -0.39 is 0 Å². The molecule has 0 bridgehead atoms. The third-order valence-electron chi connectivity index (χ3n) is 4.00. The Morgan fingerprint density at radius 1 is 1.35 bits per heavy atom. The zero-order valence-electron chi connectivity index (χ0n) is 11.6. The van der Waals surface area contributed by atoms with Gasteiger partial charge in [-0.15, -0.1) is 0 Å². The summed E-state index contributed by atoms with van der Waals surface area (Å²) < 4.78 is 0. The number of non-ortho nitro benzene ring substituents is 1. The maximum absolute atomic E-state index is 11.1. The van der Waals surface area contributed by atoms with Crippen molar-refractivity contribution in [3.63, 3.8) is 0 Å². The number of aromatic nitrogens is 1. The third kappa shape index (κ3) is 2.19. The van der Waals surface area contributed by atoms with E-state index in [4.69, 9.17) is 0 Å². The molecule has 1 fully saturated rings. The van der Waals surface area contributed by atoms with Crippen molar-refractivity contribution in [2.24, 2.45) is 5.92 Å². The fraction of sp³-hybridized carbons (Fsp3) is 0.400. The standard InChI is InChI=1S/C15H17N3O2/c1-15(2,10-5-6-10)17-12-7-8-13(18(19)20)11-4-3-9-16-14(11)12/h3-4,7-10,17H,5-6H2,1-2H3. The Labute approximate surface area is 117 Å². The molecule has 2 aromatic rings. The van der Waals surface area contributed by atoms with Crippen LogP contribution in [0.2, 0.25) is 0 Å². The van der Waals surface area contributed by atoms with Gasteiger partial charge in [0.05, 0.1) is 16.0 Å². The number of benzene rings is 1. The lowest BCUT2D eigenvalue weighted by atomic mass is 9.98. The molecule has 5 nitrogen and oxygen atoms in total. The topological polar surface area (TPSA) is 68.1 Å². The van der Waals surface area contributed by atoms with E-state index in [2.05, 4.69) is 24.1 Å². The summed E-state index contributed by atoms with van der Waals surface area (Å²) >= 11 is 0. The van der Waals surface area contributed by atoms with Crippen molar-refractivity contribution < 1.29 is 4.92 Å². The van der Waals surface area contributed by atoms with E-state index in [0.29, 0.717) is 16.8 Å². The molecule has 1 aromatic heterocycles. The van der Waals surface area contributed by atoms with Gasteiger partial charge in [-0.2, -0.15) is 0 Å². The van der Waals surface area contributed by atoms with Gasteiger partial charge in [-0.25, -0.2) is 0 Å². The summed E-state index contributed by atoms with van der Waals surface area (Å²) in [5, 5.41) is 15.2. The van der Waals surface area contributed by atoms with Crippen LogP contribution in [0.5, 0.6) is 0 Å². The average Bonchev–Trinajstić information content (AvgIpc) is 3.23. The predicted octanol–water partition coefficient (Wildman–Crippen LogP) is 3.74. The van der Waals surface area contributed by atoms with E-state index in [9.17, 15) is 10.1 Å². The quantitative estimate of drug-likeness (QED) is 0.679. The van der Waals surface area contributed by atoms with E-state index in [0.717, 1.165) is 5.69 Å². The van der Waals surface area contributed by atoms with E-state index in [1.807, 2.05) is 0 Å². The molecule has 1 saturated carbocycles. The lowest BCUT2D eigenvalue weighted by Gasteiger charge is -2.28. The van der Waals surface area contributed by atoms with Crippen LogP contribution in [0.1, 0.15) is 26.7 Å². The third-order valence-corrected chi connectivity index (χ3v) is 4.00. The van der Waals surface area contributed by atoms with Gasteiger partial charge in [-0.3, -0.25) is 15.1 Å². The molecule has 1 aliphatic rings. The summed E-state index contributed by atoms with van der Waals surface area (Å²) in [6, 6.07) is 6.79. The summed E-state index contributed by atoms with van der Waals surface area (Å²) in [5.41, 5.74) is 1.61. The highest BCUT2D eigenvalue weighted by molar-refractivity contribution is 5.96. The van der Waals surface area contributed by atoms with Crippen LogP contribution in [0.15, 0.2) is 30.5 Å². The lowest BCUT2D eigenvalue weighted by molar-refractivity contribution is -0.383. The molecule has 20 heavy (non-hydrogen) atoms. The van der Waals surface area contributed by atoms with E-state index >= 15 is 0 Å². The van der Waals surface area contributed by atoms with Crippen LogP contribution in [0, 0.1) is 16.0 Å². The number of nitrogens with zero attached hydrogens (tertiary/aromatic N) is 2. The number of nitro groups is 1. The van der Waals surface area contributed by atoms with Crippen LogP contribution in [0.25, 0.3) is 10.9 Å². The van der Waals surface area contributed by atoms with Crippen LogP contribution < -0.4 is 5.32 Å². The number of nitro benzene ring substituents is 1. The zero-order chi connectivity index (χ0) is 14.3. The Morgan fingerprint density at radius 3 is 2.75 bits per heavy atom. The number of rotatable bonds is 4. The molecule has 0 unspecified atom stereocenters. The van der Waals surface area contributed by atoms with Gasteiger partial charge in [0.25, 0.3) is 5.69 Å². The van der Waals surface area contributed by atoms with Crippen molar-refractivity contribution in [1.29, 1.82) is 0 Å². The molecular weight excluding hydrogens is 254 g/mol. The molecule has 1 heterocycles. The first kappa shape index (κ1) is 12.8. The van der Waals surface area contributed by atoms with E-state index in [1.54, 1.807) is 30.5 Å². The second-order valence-electron chi connectivity index (χ2n) is 5.91. The molecule has 0 spiro atoms. The van der Waals surface area contributed by atoms with Gasteiger partial charge in [0, 0.05) is 17.8 Å². The monoisotopic (exact) mass is 271 g/mol. The van der Waals surface area contributed by atoms with Crippen LogP contribution in [0.3, 0.4) is 0 Å². The number of hydrogen-bond donors (Lipinski definition) is 1. The minimum Gasteiger partial charge on any atom is -0.378 e. The lowest BCUT2D eigenvalue weighted by Crippen LogP contribution is -2.33. The molecule has 0 saturated heterocycles. The minimum absolute atomic E-state index is 0.0133. The highest BCUT2D eigenvalue weighted by Gasteiger charge is 2.38. The molecule has 1 N–H and O–H groups in total.